The average Bonchev–Trinajstić information content (AvgIpc) is 3.34. The van der Waals surface area contributed by atoms with Crippen LogP contribution in [0.25, 0.3) is 0 Å². The minimum absolute atomic E-state index is 0.0853. The van der Waals surface area contributed by atoms with E-state index in [1.165, 1.54) is 39.9 Å². The molecule has 3 unspecified atom stereocenters. The second-order valence-electron chi connectivity index (χ2n) is 14.0. The minimum Gasteiger partial charge on any atom is -0.492 e. The van der Waals surface area contributed by atoms with Gasteiger partial charge in [-0.2, -0.15) is 0 Å². The van der Waals surface area contributed by atoms with Crippen LogP contribution in [0.3, 0.4) is 0 Å². The number of nitrogens with zero attached hydrogens (tertiary/aromatic N) is 3. The van der Waals surface area contributed by atoms with E-state index < -0.39 is 17.9 Å². The van der Waals surface area contributed by atoms with Crippen LogP contribution in [0, 0.1) is 0 Å². The van der Waals surface area contributed by atoms with Crippen molar-refractivity contribution in [2.45, 2.75) is 69.0 Å². The van der Waals surface area contributed by atoms with Crippen LogP contribution >= 0.6 is 23.2 Å². The fourth-order valence-corrected chi connectivity index (χ4v) is 9.10. The number of hydrogen-bond donors (Lipinski definition) is 2. The highest BCUT2D eigenvalue weighted by Crippen LogP contribution is 2.46. The number of dihydropyridines is 1. The maximum Gasteiger partial charge on any atom is 0.336 e. The number of piperazine rings is 1. The number of fused-ring (bicyclic) bond motifs is 2. The fraction of sp³-hybridized carbons (Fsp3) is 0.513. The molecule has 2 aromatic rings. The molecule has 2 bridgehead atoms. The molecule has 3 saturated heterocycles. The van der Waals surface area contributed by atoms with Gasteiger partial charge in [-0.1, -0.05) is 47.5 Å². The van der Waals surface area contributed by atoms with Crippen molar-refractivity contribution >= 4 is 41.0 Å². The number of esters is 2. The summed E-state index contributed by atoms with van der Waals surface area (Å²) < 4.78 is 16.5. The van der Waals surface area contributed by atoms with E-state index in [2.05, 4.69) is 22.2 Å². The van der Waals surface area contributed by atoms with Crippen LogP contribution in [0.1, 0.15) is 55.6 Å². The first-order valence-corrected chi connectivity index (χ1v) is 18.9. The smallest absolute Gasteiger partial charge is 0.336 e. The maximum absolute atomic E-state index is 14.1. The first-order chi connectivity index (χ1) is 25.1. The topological polar surface area (TPSA) is 127 Å². The third-order valence-electron chi connectivity index (χ3n) is 11.2. The molecule has 0 saturated carbocycles. The Morgan fingerprint density at radius 2 is 1.44 bits per heavy atom. The molecule has 2 aromatic carbocycles. The van der Waals surface area contributed by atoms with Crippen LogP contribution in [0.2, 0.25) is 10.0 Å². The van der Waals surface area contributed by atoms with Crippen LogP contribution in [0.15, 0.2) is 65.0 Å². The van der Waals surface area contributed by atoms with Gasteiger partial charge >= 0.3 is 11.9 Å². The number of carbonyl (C=O) groups excluding carboxylic acids is 3. The summed E-state index contributed by atoms with van der Waals surface area (Å²) in [7, 11) is 4.80. The number of amides is 1. The van der Waals surface area contributed by atoms with Crippen LogP contribution in [-0.4, -0.2) is 111 Å². The number of nitrogens with one attached hydrogen (secondary N) is 1. The first kappa shape index (κ1) is 38.1. The fourth-order valence-electron chi connectivity index (χ4n) is 8.48. The number of hydrogen-bond acceptors (Lipinski definition) is 10. The molecular weight excluding hydrogens is 705 g/mol. The van der Waals surface area contributed by atoms with E-state index in [4.69, 9.17) is 43.1 Å². The number of aryl methyl sites for hydroxylation is 1. The quantitative estimate of drug-likeness (QED) is 0.296. The Kier molecular flexibility index (Phi) is 12.5. The number of nitrogens with two attached hydrogens (primary N) is 1. The predicted octanol–water partition coefficient (Wildman–Crippen LogP) is 4.66. The third kappa shape index (κ3) is 7.99. The molecule has 4 aliphatic rings. The van der Waals surface area contributed by atoms with E-state index in [0.29, 0.717) is 79.9 Å². The van der Waals surface area contributed by atoms with Gasteiger partial charge in [-0.25, -0.2) is 9.59 Å². The number of para-hydroxylation sites is 1. The van der Waals surface area contributed by atoms with Gasteiger partial charge in [0, 0.05) is 77.9 Å². The summed E-state index contributed by atoms with van der Waals surface area (Å²) in [5, 5.41) is 3.87. The Labute approximate surface area is 316 Å². The van der Waals surface area contributed by atoms with Gasteiger partial charge in [-0.05, 0) is 69.3 Å². The molecule has 3 fully saturated rings. The summed E-state index contributed by atoms with van der Waals surface area (Å²) in [6.07, 6.45) is 5.54. The molecule has 13 heteroatoms. The van der Waals surface area contributed by atoms with Crippen LogP contribution in [0.4, 0.5) is 0 Å². The van der Waals surface area contributed by atoms with Crippen molar-refractivity contribution in [3.63, 3.8) is 0 Å². The molecule has 0 aromatic heterocycles. The second-order valence-corrected chi connectivity index (χ2v) is 14.8. The van der Waals surface area contributed by atoms with Crippen molar-refractivity contribution in [1.82, 2.24) is 20.0 Å². The van der Waals surface area contributed by atoms with Crippen molar-refractivity contribution in [2.24, 2.45) is 5.73 Å². The monoisotopic (exact) mass is 753 g/mol. The number of benzene rings is 2. The van der Waals surface area contributed by atoms with Gasteiger partial charge in [0.15, 0.2) is 0 Å². The molecule has 280 valence electrons. The normalized spacial score (nSPS) is 23.8. The number of ether oxygens (including phenoxy) is 3. The molecule has 11 nitrogen and oxygen atoms in total. The van der Waals surface area contributed by atoms with Gasteiger partial charge in [0.2, 0.25) is 5.91 Å². The highest BCUT2D eigenvalue weighted by atomic mass is 35.5. The first-order valence-electron chi connectivity index (χ1n) is 18.1. The second kappa shape index (κ2) is 17.0. The summed E-state index contributed by atoms with van der Waals surface area (Å²) >= 11 is 13.6. The summed E-state index contributed by atoms with van der Waals surface area (Å²) in [6, 6.07) is 14.4. The number of carbonyl (C=O) groups is 3. The minimum atomic E-state index is -1.07. The molecule has 4 aliphatic heterocycles. The van der Waals surface area contributed by atoms with E-state index >= 15 is 0 Å². The molecular formula is C39H49Cl2N5O6. The molecule has 0 radical (unpaired) electrons. The lowest BCUT2D eigenvalue weighted by Crippen LogP contribution is -2.56. The number of allylic oxidation sites excluding steroid dienone is 1. The summed E-state index contributed by atoms with van der Waals surface area (Å²) in [5.74, 6) is -1.89. The molecule has 52 heavy (non-hydrogen) atoms. The Hall–Kier alpha value is -3.61. The van der Waals surface area contributed by atoms with Crippen molar-refractivity contribution in [1.29, 1.82) is 0 Å². The molecule has 6 rings (SSSR count). The standard InChI is InChI=1S/C39H49Cl2N5O6/c1-44-25-12-13-26(44)22-27(21-25)45-16-18-46(19-17-45)33(47)23-31-36(39(49)51-3)37(34-28(40)8-6-9-29(34)41)35(38(48)50-2)30(43-31)14-11-24-7-4-5-10-32(24)52-20-15-42/h4-10,25-27,37,43H,11-23,42H2,1-3H3. The zero-order valence-corrected chi connectivity index (χ0v) is 31.7. The SMILES string of the molecule is COC(=O)C1=C(CCc2ccccc2OCCN)NC(CC(=O)N2CCN(C3CC4CCC(C3)N4C)CC2)=C(C(=O)OC)C1c1c(Cl)cccc1Cl. The Morgan fingerprint density at radius 1 is 0.827 bits per heavy atom. The number of halogens is 2. The molecule has 0 spiro atoms. The van der Waals surface area contributed by atoms with Crippen molar-refractivity contribution in [3.8, 4) is 5.75 Å². The van der Waals surface area contributed by atoms with Gasteiger partial charge in [-0.3, -0.25) is 9.69 Å². The van der Waals surface area contributed by atoms with Gasteiger partial charge < -0.3 is 35.1 Å². The highest BCUT2D eigenvalue weighted by molar-refractivity contribution is 6.36. The average molecular weight is 755 g/mol. The van der Waals surface area contributed by atoms with Crippen molar-refractivity contribution in [3.05, 3.63) is 86.2 Å². The molecule has 1 amide bonds. The summed E-state index contributed by atoms with van der Waals surface area (Å²) in [6.45, 7) is 3.51. The predicted molar refractivity (Wildman–Crippen MR) is 200 cm³/mol. The van der Waals surface area contributed by atoms with Crippen LogP contribution in [0.5, 0.6) is 5.75 Å². The van der Waals surface area contributed by atoms with Crippen LogP contribution in [-0.2, 0) is 30.3 Å². The Balaban J connectivity index is 1.31. The largest absolute Gasteiger partial charge is 0.492 e. The highest BCUT2D eigenvalue weighted by Gasteiger charge is 2.43. The zero-order chi connectivity index (χ0) is 36.9. The number of rotatable bonds is 12. The van der Waals surface area contributed by atoms with E-state index in [1.54, 1.807) is 18.2 Å². The lowest BCUT2D eigenvalue weighted by atomic mass is 9.78. The van der Waals surface area contributed by atoms with Crippen LogP contribution < -0.4 is 15.8 Å². The van der Waals surface area contributed by atoms with E-state index in [0.717, 1.165) is 18.7 Å². The Morgan fingerprint density at radius 3 is 2.06 bits per heavy atom. The lowest BCUT2D eigenvalue weighted by Gasteiger charge is -2.45. The third-order valence-corrected chi connectivity index (χ3v) is 11.9. The van der Waals surface area contributed by atoms with Gasteiger partial charge in [0.05, 0.1) is 37.7 Å². The molecule has 3 atom stereocenters. The number of piperidine rings is 1. The van der Waals surface area contributed by atoms with Gasteiger partial charge in [-0.15, -0.1) is 0 Å². The van der Waals surface area contributed by atoms with E-state index in [9.17, 15) is 14.4 Å². The van der Waals surface area contributed by atoms with E-state index in [-0.39, 0.29) is 33.5 Å². The van der Waals surface area contributed by atoms with Crippen molar-refractivity contribution in [2.75, 3.05) is 60.6 Å². The van der Waals surface area contributed by atoms with Gasteiger partial charge in [0.25, 0.3) is 0 Å². The summed E-state index contributed by atoms with van der Waals surface area (Å²) in [4.78, 5) is 48.6. The molecule has 0 aliphatic carbocycles. The Bertz CT molecular complexity index is 1690. The summed E-state index contributed by atoms with van der Waals surface area (Å²) in [5.41, 5.74) is 8.02. The number of methoxy groups -OCH3 is 2. The van der Waals surface area contributed by atoms with Gasteiger partial charge in [0.1, 0.15) is 12.4 Å². The maximum atomic E-state index is 14.1. The van der Waals surface area contributed by atoms with Crippen molar-refractivity contribution < 1.29 is 28.6 Å². The lowest BCUT2D eigenvalue weighted by molar-refractivity contribution is -0.137. The molecule has 4 heterocycles. The molecule has 3 N–H and O–H groups in total. The zero-order valence-electron chi connectivity index (χ0n) is 30.2. The van der Waals surface area contributed by atoms with E-state index in [1.807, 2.05) is 29.2 Å².